The van der Waals surface area contributed by atoms with E-state index in [9.17, 15) is 9.90 Å². The quantitative estimate of drug-likeness (QED) is 0.818. The lowest BCUT2D eigenvalue weighted by Crippen LogP contribution is -2.21. The van der Waals surface area contributed by atoms with Crippen LogP contribution < -0.4 is 10.1 Å². The van der Waals surface area contributed by atoms with Gasteiger partial charge in [0.1, 0.15) is 18.1 Å². The number of fused-ring (bicyclic) bond motifs is 1. The molecule has 3 rings (SSSR count). The van der Waals surface area contributed by atoms with Crippen molar-refractivity contribution in [2.24, 2.45) is 0 Å². The van der Waals surface area contributed by atoms with Gasteiger partial charge >= 0.3 is 0 Å². The molecule has 1 aliphatic heterocycles. The summed E-state index contributed by atoms with van der Waals surface area (Å²) >= 11 is 3.25. The first-order valence-corrected chi connectivity index (χ1v) is 7.15. The van der Waals surface area contributed by atoms with Gasteiger partial charge in [0.2, 0.25) is 0 Å². The largest absolute Gasteiger partial charge is 0.506 e. The molecule has 1 heterocycles. The highest BCUT2D eigenvalue weighted by Crippen LogP contribution is 2.29. The zero-order valence-electron chi connectivity index (χ0n) is 11.0. The topological polar surface area (TPSA) is 58.6 Å². The molecule has 2 N–H and O–H groups in total. The maximum Gasteiger partial charge on any atom is 0.255 e. The number of ether oxygens (including phenoxy) is 1. The molecule has 0 aromatic heterocycles. The van der Waals surface area contributed by atoms with Crippen LogP contribution in [0.15, 0.2) is 52.5 Å². The van der Waals surface area contributed by atoms with Crippen LogP contribution in [0.2, 0.25) is 0 Å². The molecule has 0 saturated heterocycles. The van der Waals surface area contributed by atoms with Crippen molar-refractivity contribution in [2.75, 3.05) is 11.9 Å². The molecule has 0 bridgehead atoms. The average molecular weight is 346 g/mol. The van der Waals surface area contributed by atoms with Crippen LogP contribution in [0.5, 0.6) is 11.5 Å². The molecule has 2 aromatic rings. The van der Waals surface area contributed by atoms with Crippen LogP contribution in [-0.4, -0.2) is 17.6 Å². The predicted molar refractivity (Wildman–Crippen MR) is 84.4 cm³/mol. The molecule has 0 spiro atoms. The number of aromatic hydroxyl groups is 1. The lowest BCUT2D eigenvalue weighted by molar-refractivity contribution is -0.113. The van der Waals surface area contributed by atoms with Gasteiger partial charge in [-0.3, -0.25) is 4.79 Å². The Balaban J connectivity index is 1.82. The van der Waals surface area contributed by atoms with Crippen molar-refractivity contribution >= 4 is 33.6 Å². The van der Waals surface area contributed by atoms with Gasteiger partial charge in [0, 0.05) is 10.0 Å². The third-order valence-electron chi connectivity index (χ3n) is 3.13. The Morgan fingerprint density at radius 1 is 1.24 bits per heavy atom. The second-order valence-electron chi connectivity index (χ2n) is 4.61. The first-order chi connectivity index (χ1) is 10.1. The fourth-order valence-corrected chi connectivity index (χ4v) is 2.41. The van der Waals surface area contributed by atoms with E-state index in [0.29, 0.717) is 11.3 Å². The highest BCUT2D eigenvalue weighted by atomic mass is 79.9. The van der Waals surface area contributed by atoms with Crippen LogP contribution >= 0.6 is 15.9 Å². The number of amides is 1. The number of carbonyl (C=O) groups is 1. The van der Waals surface area contributed by atoms with Gasteiger partial charge in [-0.05, 0) is 30.3 Å². The molecule has 106 valence electrons. The second kappa shape index (κ2) is 5.61. The lowest BCUT2D eigenvalue weighted by atomic mass is 10.1. The Hall–Kier alpha value is -2.27. The zero-order chi connectivity index (χ0) is 14.8. The van der Waals surface area contributed by atoms with Gasteiger partial charge in [0.05, 0.1) is 11.3 Å². The van der Waals surface area contributed by atoms with E-state index in [4.69, 9.17) is 4.74 Å². The molecule has 0 radical (unpaired) electrons. The molecular weight excluding hydrogens is 334 g/mol. The van der Waals surface area contributed by atoms with Crippen LogP contribution in [0.1, 0.15) is 5.56 Å². The molecule has 1 aliphatic rings. The van der Waals surface area contributed by atoms with E-state index >= 15 is 0 Å². The summed E-state index contributed by atoms with van der Waals surface area (Å²) in [6.45, 7) is 0.208. The fourth-order valence-electron chi connectivity index (χ4n) is 2.06. The molecule has 5 heteroatoms. The van der Waals surface area contributed by atoms with E-state index < -0.39 is 0 Å². The molecule has 4 nitrogen and oxygen atoms in total. The second-order valence-corrected chi connectivity index (χ2v) is 5.53. The van der Waals surface area contributed by atoms with Crippen LogP contribution in [0.3, 0.4) is 0 Å². The Labute approximate surface area is 130 Å². The van der Waals surface area contributed by atoms with Gasteiger partial charge in [-0.1, -0.05) is 34.1 Å². The minimum atomic E-state index is -0.290. The van der Waals surface area contributed by atoms with Crippen molar-refractivity contribution < 1.29 is 14.6 Å². The fraction of sp³-hybridized carbons (Fsp3) is 0.0625. The van der Waals surface area contributed by atoms with E-state index in [0.717, 1.165) is 15.8 Å². The summed E-state index contributed by atoms with van der Waals surface area (Å²) in [5, 5.41) is 12.5. The highest BCUT2D eigenvalue weighted by Gasteiger charge is 2.17. The van der Waals surface area contributed by atoms with Crippen molar-refractivity contribution in [3.8, 4) is 11.5 Å². The molecule has 0 saturated carbocycles. The average Bonchev–Trinajstić information content (AvgIpc) is 2.49. The number of para-hydroxylation sites is 1. The maximum atomic E-state index is 12.2. The van der Waals surface area contributed by atoms with E-state index in [-0.39, 0.29) is 18.3 Å². The summed E-state index contributed by atoms with van der Waals surface area (Å²) in [4.78, 5) is 12.2. The highest BCUT2D eigenvalue weighted by molar-refractivity contribution is 9.10. The van der Waals surface area contributed by atoms with Crippen LogP contribution in [0, 0.1) is 0 Å². The van der Waals surface area contributed by atoms with Crippen molar-refractivity contribution in [1.29, 1.82) is 0 Å². The Bertz CT molecular complexity index is 740. The smallest absolute Gasteiger partial charge is 0.255 e. The molecular formula is C16H12BrNO3. The minimum absolute atomic E-state index is 0.00968. The monoisotopic (exact) mass is 345 g/mol. The predicted octanol–water partition coefficient (Wildman–Crippen LogP) is 3.57. The van der Waals surface area contributed by atoms with Gasteiger partial charge in [-0.15, -0.1) is 0 Å². The van der Waals surface area contributed by atoms with Gasteiger partial charge in [-0.2, -0.15) is 0 Å². The van der Waals surface area contributed by atoms with Gasteiger partial charge in [0.25, 0.3) is 5.91 Å². The summed E-state index contributed by atoms with van der Waals surface area (Å²) in [6.07, 6.45) is 1.80. The number of halogens is 1. The first kappa shape index (κ1) is 13.7. The molecule has 1 amide bonds. The Morgan fingerprint density at radius 3 is 2.86 bits per heavy atom. The zero-order valence-corrected chi connectivity index (χ0v) is 12.6. The molecule has 0 unspecified atom stereocenters. The van der Waals surface area contributed by atoms with Crippen molar-refractivity contribution in [3.63, 3.8) is 0 Å². The number of benzene rings is 2. The van der Waals surface area contributed by atoms with Crippen molar-refractivity contribution in [3.05, 3.63) is 58.1 Å². The lowest BCUT2D eigenvalue weighted by Gasteiger charge is -2.17. The van der Waals surface area contributed by atoms with E-state index in [1.165, 1.54) is 6.07 Å². The standard InChI is InChI=1S/C16H12BrNO3/c17-12-5-6-13(14(19)8-12)18-16(20)11-7-10-3-1-2-4-15(10)21-9-11/h1-8,19H,9H2,(H,18,20). The van der Waals surface area contributed by atoms with Crippen LogP contribution in [-0.2, 0) is 4.79 Å². The molecule has 2 aromatic carbocycles. The number of phenolic OH excluding ortho intramolecular Hbond substituents is 1. The van der Waals surface area contributed by atoms with Crippen LogP contribution in [0.25, 0.3) is 6.08 Å². The van der Waals surface area contributed by atoms with Crippen molar-refractivity contribution in [1.82, 2.24) is 0 Å². The third kappa shape index (κ3) is 2.92. The summed E-state index contributed by atoms with van der Waals surface area (Å²) in [5.74, 6) is 0.484. The van der Waals surface area contributed by atoms with Gasteiger partial charge in [0.15, 0.2) is 0 Å². The normalized spacial score (nSPS) is 12.9. The molecule has 0 atom stereocenters. The number of nitrogens with one attached hydrogen (secondary N) is 1. The molecule has 0 aliphatic carbocycles. The number of hydrogen-bond donors (Lipinski definition) is 2. The number of phenols is 1. The first-order valence-electron chi connectivity index (χ1n) is 6.36. The van der Waals surface area contributed by atoms with E-state index in [2.05, 4.69) is 21.2 Å². The maximum absolute atomic E-state index is 12.2. The third-order valence-corrected chi connectivity index (χ3v) is 3.62. The number of anilines is 1. The van der Waals surface area contributed by atoms with Gasteiger partial charge in [-0.25, -0.2) is 0 Å². The number of rotatable bonds is 2. The minimum Gasteiger partial charge on any atom is -0.506 e. The summed E-state index contributed by atoms with van der Waals surface area (Å²) < 4.78 is 6.29. The molecule has 21 heavy (non-hydrogen) atoms. The Kier molecular flexibility index (Phi) is 3.66. The van der Waals surface area contributed by atoms with Crippen molar-refractivity contribution in [2.45, 2.75) is 0 Å². The van der Waals surface area contributed by atoms with E-state index in [1.807, 2.05) is 24.3 Å². The number of carbonyl (C=O) groups excluding carboxylic acids is 1. The molecule has 0 fully saturated rings. The Morgan fingerprint density at radius 2 is 2.05 bits per heavy atom. The summed E-state index contributed by atoms with van der Waals surface area (Å²) in [5.41, 5.74) is 1.74. The van der Waals surface area contributed by atoms with Gasteiger partial charge < -0.3 is 15.2 Å². The van der Waals surface area contributed by atoms with E-state index in [1.54, 1.807) is 18.2 Å². The SMILES string of the molecule is O=C(Nc1ccc(Br)cc1O)C1=Cc2ccccc2OC1. The summed E-state index contributed by atoms with van der Waals surface area (Å²) in [7, 11) is 0. The van der Waals surface area contributed by atoms with Crippen LogP contribution in [0.4, 0.5) is 5.69 Å². The number of hydrogen-bond acceptors (Lipinski definition) is 3. The summed E-state index contributed by atoms with van der Waals surface area (Å²) in [6, 6.07) is 12.4.